The van der Waals surface area contributed by atoms with Crippen LogP contribution in [0.2, 0.25) is 0 Å². The number of hydrogen-bond donors (Lipinski definition) is 0. The summed E-state index contributed by atoms with van der Waals surface area (Å²) in [4.78, 5) is 23.6. The van der Waals surface area contributed by atoms with Crippen molar-refractivity contribution in [2.75, 3.05) is 0 Å². The molecule has 13 heteroatoms. The van der Waals surface area contributed by atoms with E-state index in [0.29, 0.717) is 11.6 Å². The lowest BCUT2D eigenvalue weighted by Crippen LogP contribution is -2.03. The molecule has 0 saturated carbocycles. The first-order chi connectivity index (χ1) is 72.5. The third kappa shape index (κ3) is 10.6. The number of benzene rings is 21. The van der Waals surface area contributed by atoms with Crippen LogP contribution >= 0.6 is 0 Å². The molecule has 0 amide bonds. The topological polar surface area (TPSA) is 93.8 Å². The fourth-order valence-electron chi connectivity index (χ4n) is 25.8. The van der Waals surface area contributed by atoms with E-state index >= 15 is 0 Å². The summed E-state index contributed by atoms with van der Waals surface area (Å²) in [6.07, 6.45) is 5.74. The van der Waals surface area contributed by atoms with Crippen LogP contribution in [-0.4, -0.2) is 56.0 Å². The van der Waals surface area contributed by atoms with E-state index in [1.807, 2.05) is 61.1 Å². The molecule has 672 valence electrons. The SMILES string of the molecule is [C-]#[N+]c1ccc(-c2nc(-n3c4ccc5ccccc5c4c4cc5c6ccccc6n6c7ccccc7c(c43)c56)nc3ccccc23)cc1.c1ccc2c(c1)ccc1c2c2cc3c4ccccc4n4c5ccccc5c(c2n1-c1ccc(-n2c5ccccc5c5cccnc52)cc1)c34.c1ccc2c(c1)ccc1c2c2cc3c4ccccc4n4c5ccccc5c(c2n1-c1ccc(-n2c5ccccc5c5ccncc52)cc1)c34. The summed E-state index contributed by atoms with van der Waals surface area (Å²) in [7, 11) is 0. The van der Waals surface area contributed by atoms with Gasteiger partial charge in [-0.05, 0) is 196 Å². The highest BCUT2D eigenvalue weighted by atomic mass is 15.2. The van der Waals surface area contributed by atoms with E-state index in [1.165, 1.54) is 223 Å². The van der Waals surface area contributed by atoms with Crippen molar-refractivity contribution in [3.05, 3.63) is 467 Å². The standard InChI is InChI=1S/2C45H26N4.C43H23N5/c1-2-11-30-27(10-1)19-24-40-41(30)36-26-35-32-13-4-7-17-38(32)49-39-18-8-5-14-34(39)42(43(35)49)44(36)47(40)28-20-22-29(23-21-28)48-37-16-6-3-12-31(37)33-15-9-25-46-45(33)48;1-2-10-30-27(9-1)17-22-40-42(30)36-25-35-32-12-4-7-15-38(32)49-39-16-8-5-13-34(39)43(44(35)49)45(36)48(40)29-20-18-28(19-21-29)47-37-14-6-3-11-31(37)33-23-24-46-26-41(33)47;1-44-27-21-18-26(19-22-27)40-30-13-4-7-15-34(30)45-43(46-40)48-37-23-20-25-10-2-3-11-28(25)38(37)33-24-32-29-12-5-8-16-35(29)47-36-17-9-6-14-31(36)39(41(32)47)42(33)48/h2*1-26H;2-24H. The quantitative estimate of drug-likeness (QED) is 0.155. The molecule has 0 aliphatic carbocycles. The largest absolute Gasteiger partial charge is 0.309 e. The second kappa shape index (κ2) is 29.5. The van der Waals surface area contributed by atoms with Crippen LogP contribution in [0.15, 0.2) is 455 Å². The maximum atomic E-state index is 7.47. The Hall–Kier alpha value is -20.1. The van der Waals surface area contributed by atoms with Crippen LogP contribution in [0.25, 0.3) is 311 Å². The van der Waals surface area contributed by atoms with Gasteiger partial charge in [-0.2, -0.15) is 0 Å². The van der Waals surface area contributed by atoms with E-state index in [1.54, 1.807) is 0 Å². The Morgan fingerprint density at radius 2 is 0.541 bits per heavy atom. The molecular formula is C133H75N13. The van der Waals surface area contributed by atoms with Crippen molar-refractivity contribution in [1.82, 2.24) is 56.0 Å². The Labute approximate surface area is 829 Å². The van der Waals surface area contributed by atoms with Crippen molar-refractivity contribution >= 4 is 272 Å². The van der Waals surface area contributed by atoms with Gasteiger partial charge in [-0.1, -0.05) is 279 Å². The minimum absolute atomic E-state index is 0.604. The molecule has 0 unspecified atom stereocenters. The molecule has 14 heterocycles. The molecule has 0 bridgehead atoms. The van der Waals surface area contributed by atoms with Crippen molar-refractivity contribution in [2.24, 2.45) is 0 Å². The molecule has 0 atom stereocenters. The smallest absolute Gasteiger partial charge is 0.235 e. The number of rotatable bonds is 6. The predicted octanol–water partition coefficient (Wildman–Crippen LogP) is 34.4. The molecule has 14 aromatic heterocycles. The van der Waals surface area contributed by atoms with E-state index in [0.717, 1.165) is 78.0 Å². The minimum Gasteiger partial charge on any atom is -0.309 e. The van der Waals surface area contributed by atoms with Crippen LogP contribution in [-0.2, 0) is 0 Å². The molecule has 13 nitrogen and oxygen atoms in total. The van der Waals surface area contributed by atoms with Crippen molar-refractivity contribution in [3.63, 3.8) is 0 Å². The second-order valence-corrected chi connectivity index (χ2v) is 38.8. The van der Waals surface area contributed by atoms with Gasteiger partial charge >= 0.3 is 0 Å². The summed E-state index contributed by atoms with van der Waals surface area (Å²) in [5.74, 6) is 0.621. The first kappa shape index (κ1) is 78.8. The number of hydrogen-bond acceptors (Lipinski definition) is 4. The summed E-state index contributed by atoms with van der Waals surface area (Å²) in [6, 6.07) is 158. The van der Waals surface area contributed by atoms with E-state index in [4.69, 9.17) is 21.5 Å². The van der Waals surface area contributed by atoms with Crippen molar-refractivity contribution in [2.45, 2.75) is 0 Å². The summed E-state index contributed by atoms with van der Waals surface area (Å²) < 4.78 is 19.3. The van der Waals surface area contributed by atoms with Gasteiger partial charge in [0.25, 0.3) is 0 Å². The lowest BCUT2D eigenvalue weighted by molar-refractivity contribution is 1.02. The van der Waals surface area contributed by atoms with Gasteiger partial charge in [-0.3, -0.25) is 14.1 Å². The molecule has 146 heavy (non-hydrogen) atoms. The van der Waals surface area contributed by atoms with E-state index < -0.39 is 0 Å². The van der Waals surface area contributed by atoms with Crippen LogP contribution in [0.4, 0.5) is 5.69 Å². The summed E-state index contributed by atoms with van der Waals surface area (Å²) in [5.41, 5.74) is 30.5. The van der Waals surface area contributed by atoms with Gasteiger partial charge in [0.1, 0.15) is 5.65 Å². The van der Waals surface area contributed by atoms with Crippen LogP contribution < -0.4 is 0 Å². The Balaban J connectivity index is 0.0000000958. The number of pyridine rings is 2. The average molecular weight is 1860 g/mol. The number of fused-ring (bicyclic) bond motifs is 43. The number of para-hydroxylation sites is 9. The highest BCUT2D eigenvalue weighted by Gasteiger charge is 2.32. The van der Waals surface area contributed by atoms with Crippen LogP contribution in [0.1, 0.15) is 0 Å². The predicted molar refractivity (Wildman–Crippen MR) is 608 cm³/mol. The van der Waals surface area contributed by atoms with E-state index in [-0.39, 0.29) is 0 Å². The molecular weight excluding hydrogens is 1780 g/mol. The van der Waals surface area contributed by atoms with Crippen LogP contribution in [0.5, 0.6) is 0 Å². The lowest BCUT2D eigenvalue weighted by Gasteiger charge is -2.12. The Morgan fingerprint density at radius 1 is 0.205 bits per heavy atom. The Kier molecular flexibility index (Phi) is 15.9. The van der Waals surface area contributed by atoms with E-state index in [9.17, 15) is 0 Å². The van der Waals surface area contributed by atoms with Gasteiger partial charge in [0.05, 0.1) is 123 Å². The van der Waals surface area contributed by atoms with Gasteiger partial charge in [-0.15, -0.1) is 0 Å². The molecule has 0 saturated heterocycles. The van der Waals surface area contributed by atoms with Gasteiger partial charge < -0.3 is 26.9 Å². The monoisotopic (exact) mass is 1850 g/mol. The van der Waals surface area contributed by atoms with Gasteiger partial charge in [0.15, 0.2) is 5.69 Å². The first-order valence-electron chi connectivity index (χ1n) is 49.7. The van der Waals surface area contributed by atoms with Crippen molar-refractivity contribution in [1.29, 1.82) is 0 Å². The molecule has 0 fully saturated rings. The van der Waals surface area contributed by atoms with Crippen LogP contribution in [0, 0.1) is 6.57 Å². The zero-order valence-corrected chi connectivity index (χ0v) is 78.1. The molecule has 0 spiro atoms. The Morgan fingerprint density at radius 3 is 0.986 bits per heavy atom. The summed E-state index contributed by atoms with van der Waals surface area (Å²) in [6.45, 7) is 7.47. The molecule has 0 N–H and O–H groups in total. The second-order valence-electron chi connectivity index (χ2n) is 38.8. The third-order valence-electron chi connectivity index (χ3n) is 31.7. The fourth-order valence-corrected chi connectivity index (χ4v) is 25.8. The molecule has 0 radical (unpaired) electrons. The average Bonchev–Trinajstić information content (AvgIpc) is 1.52. The van der Waals surface area contributed by atoms with E-state index in [2.05, 4.69) is 440 Å². The van der Waals surface area contributed by atoms with Gasteiger partial charge in [-0.25, -0.2) is 19.8 Å². The van der Waals surface area contributed by atoms with Gasteiger partial charge in [0, 0.05) is 159 Å². The normalized spacial score (nSPS) is 12.4. The van der Waals surface area contributed by atoms with Crippen molar-refractivity contribution < 1.29 is 0 Å². The first-order valence-corrected chi connectivity index (χ1v) is 49.7. The molecule has 35 aromatic rings. The number of aromatic nitrogens is 12. The molecule has 35 rings (SSSR count). The molecule has 0 aliphatic heterocycles. The van der Waals surface area contributed by atoms with Gasteiger partial charge in [0.2, 0.25) is 5.95 Å². The van der Waals surface area contributed by atoms with Crippen LogP contribution in [0.3, 0.4) is 0 Å². The zero-order chi connectivity index (χ0) is 95.1. The molecule has 21 aromatic carbocycles. The maximum Gasteiger partial charge on any atom is 0.235 e. The fraction of sp³-hybridized carbons (Fsp3) is 0. The highest BCUT2D eigenvalue weighted by molar-refractivity contribution is 6.40. The maximum absolute atomic E-state index is 7.47. The van der Waals surface area contributed by atoms with Crippen molar-refractivity contribution in [3.8, 4) is 40.0 Å². The zero-order valence-electron chi connectivity index (χ0n) is 78.1. The summed E-state index contributed by atoms with van der Waals surface area (Å²) >= 11 is 0. The molecule has 0 aliphatic rings. The minimum atomic E-state index is 0.604. The Bertz CT molecular complexity index is 11400. The summed E-state index contributed by atoms with van der Waals surface area (Å²) in [5, 5.41) is 36.1. The third-order valence-corrected chi connectivity index (χ3v) is 31.7. The number of nitrogens with zero attached hydrogens (tertiary/aromatic N) is 13. The highest BCUT2D eigenvalue weighted by Crippen LogP contribution is 2.54. The lowest BCUT2D eigenvalue weighted by atomic mass is 10.0.